The van der Waals surface area contributed by atoms with Crippen LogP contribution < -0.4 is 10.6 Å². The summed E-state index contributed by atoms with van der Waals surface area (Å²) in [6, 6.07) is 2.02. The molecular weight excluding hydrogens is 320 g/mol. The van der Waals surface area contributed by atoms with Crippen molar-refractivity contribution in [1.29, 1.82) is 0 Å². The third-order valence-corrected chi connectivity index (χ3v) is 3.68. The van der Waals surface area contributed by atoms with Crippen molar-refractivity contribution in [2.45, 2.75) is 19.8 Å². The Balaban J connectivity index is 1.94. The van der Waals surface area contributed by atoms with Gasteiger partial charge in [-0.1, -0.05) is 6.92 Å². The molecule has 0 unspecified atom stereocenters. The molecule has 0 saturated carbocycles. The predicted octanol–water partition coefficient (Wildman–Crippen LogP) is 2.45. The standard InChI is InChI=1S/C13H19BrN6/c1-3-6-15-12-11(14)13(18-9-17-12)16-7-4-10-5-8-19-20(10)2/h5,8-9H,3-4,6-7H2,1-2H3,(H2,15,16,17,18). The van der Waals surface area contributed by atoms with E-state index < -0.39 is 0 Å². The van der Waals surface area contributed by atoms with Gasteiger partial charge in [0.2, 0.25) is 0 Å². The molecule has 2 aromatic heterocycles. The van der Waals surface area contributed by atoms with Crippen molar-refractivity contribution < 1.29 is 0 Å². The second kappa shape index (κ2) is 7.23. The lowest BCUT2D eigenvalue weighted by Gasteiger charge is -2.11. The van der Waals surface area contributed by atoms with Crippen LogP contribution in [0.1, 0.15) is 19.0 Å². The third-order valence-electron chi connectivity index (χ3n) is 2.93. The normalized spacial score (nSPS) is 10.6. The molecule has 0 aromatic carbocycles. The quantitative estimate of drug-likeness (QED) is 0.811. The van der Waals surface area contributed by atoms with E-state index in [2.05, 4.69) is 48.6 Å². The topological polar surface area (TPSA) is 67.7 Å². The number of aromatic nitrogens is 4. The molecule has 0 radical (unpaired) electrons. The molecule has 0 fully saturated rings. The van der Waals surface area contributed by atoms with E-state index >= 15 is 0 Å². The molecule has 0 aliphatic rings. The molecule has 20 heavy (non-hydrogen) atoms. The molecule has 2 aromatic rings. The first kappa shape index (κ1) is 14.8. The summed E-state index contributed by atoms with van der Waals surface area (Å²) in [5.74, 6) is 1.63. The Hall–Kier alpha value is -1.63. The SMILES string of the molecule is CCCNc1ncnc(NCCc2ccnn2C)c1Br. The van der Waals surface area contributed by atoms with E-state index in [1.807, 2.05) is 24.0 Å². The highest BCUT2D eigenvalue weighted by atomic mass is 79.9. The molecule has 0 spiro atoms. The van der Waals surface area contributed by atoms with Crippen molar-refractivity contribution in [3.8, 4) is 0 Å². The molecule has 0 bridgehead atoms. The average molecular weight is 339 g/mol. The highest BCUT2D eigenvalue weighted by molar-refractivity contribution is 9.10. The first-order valence-corrected chi connectivity index (χ1v) is 7.46. The number of aryl methyl sites for hydroxylation is 1. The van der Waals surface area contributed by atoms with Crippen molar-refractivity contribution in [3.63, 3.8) is 0 Å². The van der Waals surface area contributed by atoms with Gasteiger partial charge in [0.25, 0.3) is 0 Å². The van der Waals surface area contributed by atoms with Crippen LogP contribution in [0.15, 0.2) is 23.1 Å². The van der Waals surface area contributed by atoms with E-state index in [-0.39, 0.29) is 0 Å². The smallest absolute Gasteiger partial charge is 0.145 e. The molecule has 108 valence electrons. The van der Waals surface area contributed by atoms with Gasteiger partial charge in [0.05, 0.1) is 0 Å². The lowest BCUT2D eigenvalue weighted by molar-refractivity contribution is 0.711. The van der Waals surface area contributed by atoms with E-state index in [1.54, 1.807) is 6.33 Å². The van der Waals surface area contributed by atoms with Crippen LogP contribution >= 0.6 is 15.9 Å². The Kier molecular flexibility index (Phi) is 5.34. The van der Waals surface area contributed by atoms with Gasteiger partial charge in [0.15, 0.2) is 0 Å². The van der Waals surface area contributed by atoms with Crippen molar-refractivity contribution in [3.05, 3.63) is 28.8 Å². The summed E-state index contributed by atoms with van der Waals surface area (Å²) >= 11 is 3.54. The van der Waals surface area contributed by atoms with Crippen LogP contribution in [0.2, 0.25) is 0 Å². The van der Waals surface area contributed by atoms with E-state index in [9.17, 15) is 0 Å². The Morgan fingerprint density at radius 1 is 1.20 bits per heavy atom. The maximum Gasteiger partial charge on any atom is 0.145 e. The summed E-state index contributed by atoms with van der Waals surface area (Å²) in [5, 5.41) is 10.7. The van der Waals surface area contributed by atoms with Crippen LogP contribution in [0, 0.1) is 0 Å². The van der Waals surface area contributed by atoms with E-state index in [0.717, 1.165) is 42.0 Å². The van der Waals surface area contributed by atoms with E-state index in [4.69, 9.17) is 0 Å². The fourth-order valence-electron chi connectivity index (χ4n) is 1.82. The van der Waals surface area contributed by atoms with Crippen molar-refractivity contribution in [2.24, 2.45) is 7.05 Å². The number of nitrogens with zero attached hydrogens (tertiary/aromatic N) is 4. The van der Waals surface area contributed by atoms with Gasteiger partial charge in [-0.3, -0.25) is 4.68 Å². The maximum absolute atomic E-state index is 4.26. The molecule has 0 saturated heterocycles. The van der Waals surface area contributed by atoms with Crippen LogP contribution in [0.5, 0.6) is 0 Å². The van der Waals surface area contributed by atoms with Crippen LogP contribution in [0.4, 0.5) is 11.6 Å². The molecule has 0 aliphatic heterocycles. The minimum atomic E-state index is 0.794. The first-order chi connectivity index (χ1) is 9.72. The summed E-state index contributed by atoms with van der Waals surface area (Å²) in [7, 11) is 1.95. The van der Waals surface area contributed by atoms with Gasteiger partial charge in [-0.2, -0.15) is 5.10 Å². The van der Waals surface area contributed by atoms with Crippen LogP contribution in [-0.4, -0.2) is 32.8 Å². The summed E-state index contributed by atoms with van der Waals surface area (Å²) in [6.45, 7) is 3.81. The maximum atomic E-state index is 4.26. The van der Waals surface area contributed by atoms with Gasteiger partial charge in [0, 0.05) is 38.4 Å². The molecule has 7 heteroatoms. The van der Waals surface area contributed by atoms with Gasteiger partial charge in [0.1, 0.15) is 22.4 Å². The van der Waals surface area contributed by atoms with Gasteiger partial charge in [-0.15, -0.1) is 0 Å². The Morgan fingerprint density at radius 2 is 1.90 bits per heavy atom. The fraction of sp³-hybridized carbons (Fsp3) is 0.462. The average Bonchev–Trinajstić information content (AvgIpc) is 2.85. The molecule has 0 aliphatic carbocycles. The van der Waals surface area contributed by atoms with Gasteiger partial charge < -0.3 is 10.6 Å². The molecule has 2 rings (SSSR count). The second-order valence-corrected chi connectivity index (χ2v) is 5.23. The highest BCUT2D eigenvalue weighted by Crippen LogP contribution is 2.26. The number of hydrogen-bond donors (Lipinski definition) is 2. The largest absolute Gasteiger partial charge is 0.369 e. The second-order valence-electron chi connectivity index (χ2n) is 4.43. The van der Waals surface area contributed by atoms with Gasteiger partial charge >= 0.3 is 0 Å². The van der Waals surface area contributed by atoms with E-state index in [1.165, 1.54) is 5.69 Å². The van der Waals surface area contributed by atoms with Crippen LogP contribution in [0.3, 0.4) is 0 Å². The zero-order chi connectivity index (χ0) is 14.4. The number of rotatable bonds is 7. The summed E-state index contributed by atoms with van der Waals surface area (Å²) in [4.78, 5) is 8.48. The number of halogens is 1. The lowest BCUT2D eigenvalue weighted by Crippen LogP contribution is -2.11. The summed E-state index contributed by atoms with van der Waals surface area (Å²) < 4.78 is 2.75. The minimum absolute atomic E-state index is 0.794. The number of hydrogen-bond acceptors (Lipinski definition) is 5. The van der Waals surface area contributed by atoms with Crippen molar-refractivity contribution in [2.75, 3.05) is 23.7 Å². The van der Waals surface area contributed by atoms with Crippen LogP contribution in [0.25, 0.3) is 0 Å². The Labute approximate surface area is 127 Å². The lowest BCUT2D eigenvalue weighted by atomic mass is 10.3. The molecular formula is C13H19BrN6. The molecule has 2 N–H and O–H groups in total. The van der Waals surface area contributed by atoms with E-state index in [0.29, 0.717) is 0 Å². The third kappa shape index (κ3) is 3.69. The van der Waals surface area contributed by atoms with Crippen molar-refractivity contribution in [1.82, 2.24) is 19.7 Å². The summed E-state index contributed by atoms with van der Waals surface area (Å²) in [6.07, 6.45) is 5.32. The molecule has 0 amide bonds. The molecule has 2 heterocycles. The Bertz CT molecular complexity index is 554. The highest BCUT2D eigenvalue weighted by Gasteiger charge is 2.08. The minimum Gasteiger partial charge on any atom is -0.369 e. The van der Waals surface area contributed by atoms with Gasteiger partial charge in [-0.05, 0) is 28.4 Å². The van der Waals surface area contributed by atoms with Gasteiger partial charge in [-0.25, -0.2) is 9.97 Å². The van der Waals surface area contributed by atoms with Crippen LogP contribution in [-0.2, 0) is 13.5 Å². The molecule has 0 atom stereocenters. The Morgan fingerprint density at radius 3 is 2.50 bits per heavy atom. The zero-order valence-corrected chi connectivity index (χ0v) is 13.3. The summed E-state index contributed by atoms with van der Waals surface area (Å²) in [5.41, 5.74) is 1.19. The predicted molar refractivity (Wildman–Crippen MR) is 83.9 cm³/mol. The zero-order valence-electron chi connectivity index (χ0n) is 11.7. The monoisotopic (exact) mass is 338 g/mol. The van der Waals surface area contributed by atoms with Crippen molar-refractivity contribution >= 4 is 27.6 Å². The fourth-order valence-corrected chi connectivity index (χ4v) is 2.30. The molecule has 6 nitrogen and oxygen atoms in total. The first-order valence-electron chi connectivity index (χ1n) is 6.67. The number of nitrogens with one attached hydrogen (secondary N) is 2. The number of anilines is 2.